The molecule has 1 saturated carbocycles. The van der Waals surface area contributed by atoms with Gasteiger partial charge in [-0.05, 0) is 45.8 Å². The molecule has 2 N–H and O–H groups in total. The maximum Gasteiger partial charge on any atom is 0.191 e. The lowest BCUT2D eigenvalue weighted by molar-refractivity contribution is 0.119. The van der Waals surface area contributed by atoms with Gasteiger partial charge in [0.2, 0.25) is 0 Å². The molecule has 0 spiro atoms. The van der Waals surface area contributed by atoms with E-state index in [0.29, 0.717) is 6.04 Å². The van der Waals surface area contributed by atoms with E-state index in [-0.39, 0.29) is 4.75 Å². The Morgan fingerprint density at radius 2 is 1.78 bits per heavy atom. The molecule has 0 radical (unpaired) electrons. The standard InChI is InChI=1S/C18H36N4S/c1-18(2,23-4)14-20-17(19-3)21-15-10-12-22(13-11-15)16-8-6-5-7-9-16/h15-16H,5-14H2,1-4H3,(H2,19,20,21). The summed E-state index contributed by atoms with van der Waals surface area (Å²) < 4.78 is 0.238. The number of piperidine rings is 1. The quantitative estimate of drug-likeness (QED) is 0.596. The number of thioether (sulfide) groups is 1. The molecule has 2 fully saturated rings. The van der Waals surface area contributed by atoms with Gasteiger partial charge in [0, 0.05) is 43.5 Å². The van der Waals surface area contributed by atoms with E-state index in [4.69, 9.17) is 0 Å². The minimum Gasteiger partial charge on any atom is -0.355 e. The Bertz CT molecular complexity index is 369. The Balaban J connectivity index is 1.71. The van der Waals surface area contributed by atoms with Crippen LogP contribution in [-0.4, -0.2) is 60.6 Å². The van der Waals surface area contributed by atoms with Crippen molar-refractivity contribution in [2.75, 3.05) is 32.9 Å². The van der Waals surface area contributed by atoms with E-state index in [1.165, 1.54) is 58.0 Å². The van der Waals surface area contributed by atoms with Gasteiger partial charge in [-0.2, -0.15) is 11.8 Å². The van der Waals surface area contributed by atoms with Crippen LogP contribution in [0.2, 0.25) is 0 Å². The minimum absolute atomic E-state index is 0.238. The van der Waals surface area contributed by atoms with E-state index in [0.717, 1.165) is 18.5 Å². The number of nitrogens with zero attached hydrogens (tertiary/aromatic N) is 2. The fraction of sp³-hybridized carbons (Fsp3) is 0.944. The van der Waals surface area contributed by atoms with Gasteiger partial charge in [0.1, 0.15) is 0 Å². The lowest BCUT2D eigenvalue weighted by Crippen LogP contribution is -2.52. The highest BCUT2D eigenvalue weighted by atomic mass is 32.2. The molecule has 0 atom stereocenters. The van der Waals surface area contributed by atoms with Gasteiger partial charge in [0.15, 0.2) is 5.96 Å². The Hall–Kier alpha value is -0.420. The van der Waals surface area contributed by atoms with Gasteiger partial charge in [-0.1, -0.05) is 19.3 Å². The lowest BCUT2D eigenvalue weighted by atomic mass is 9.92. The molecule has 0 bridgehead atoms. The van der Waals surface area contributed by atoms with Crippen LogP contribution in [0.1, 0.15) is 58.8 Å². The molecule has 0 amide bonds. The van der Waals surface area contributed by atoms with Gasteiger partial charge in [-0.25, -0.2) is 0 Å². The van der Waals surface area contributed by atoms with Crippen LogP contribution in [0.15, 0.2) is 4.99 Å². The summed E-state index contributed by atoms with van der Waals surface area (Å²) in [5.41, 5.74) is 0. The van der Waals surface area contributed by atoms with Crippen LogP contribution in [0.5, 0.6) is 0 Å². The monoisotopic (exact) mass is 340 g/mol. The van der Waals surface area contributed by atoms with Crippen molar-refractivity contribution in [2.24, 2.45) is 4.99 Å². The second-order valence-corrected chi connectivity index (χ2v) is 9.15. The summed E-state index contributed by atoms with van der Waals surface area (Å²) in [4.78, 5) is 7.14. The third kappa shape index (κ3) is 6.18. The number of rotatable bonds is 5. The normalized spacial score (nSPS) is 23.0. The van der Waals surface area contributed by atoms with Crippen molar-refractivity contribution in [1.29, 1.82) is 0 Å². The SMILES string of the molecule is CN=C(NCC(C)(C)SC)NC1CCN(C2CCCCC2)CC1. The Morgan fingerprint density at radius 3 is 2.35 bits per heavy atom. The summed E-state index contributed by atoms with van der Waals surface area (Å²) in [6.45, 7) is 7.96. The Kier molecular flexibility index (Phi) is 7.54. The van der Waals surface area contributed by atoms with Gasteiger partial charge < -0.3 is 15.5 Å². The summed E-state index contributed by atoms with van der Waals surface area (Å²) in [5, 5.41) is 7.12. The first kappa shape index (κ1) is 18.9. The average Bonchev–Trinajstić information content (AvgIpc) is 2.60. The van der Waals surface area contributed by atoms with E-state index >= 15 is 0 Å². The fourth-order valence-corrected chi connectivity index (χ4v) is 3.83. The second-order valence-electron chi connectivity index (χ2n) is 7.64. The molecule has 0 aromatic carbocycles. The summed E-state index contributed by atoms with van der Waals surface area (Å²) in [6, 6.07) is 1.43. The molecule has 1 aliphatic heterocycles. The van der Waals surface area contributed by atoms with Gasteiger partial charge in [0.05, 0.1) is 0 Å². The molecule has 2 aliphatic rings. The van der Waals surface area contributed by atoms with Crippen LogP contribution in [0.25, 0.3) is 0 Å². The number of guanidine groups is 1. The largest absolute Gasteiger partial charge is 0.355 e. The first-order valence-electron chi connectivity index (χ1n) is 9.30. The highest BCUT2D eigenvalue weighted by molar-refractivity contribution is 7.99. The zero-order valence-corrected chi connectivity index (χ0v) is 16.3. The van der Waals surface area contributed by atoms with Crippen LogP contribution in [-0.2, 0) is 0 Å². The average molecular weight is 341 g/mol. The Morgan fingerprint density at radius 1 is 1.13 bits per heavy atom. The zero-order chi connectivity index (χ0) is 16.7. The van der Waals surface area contributed by atoms with Gasteiger partial charge in [0.25, 0.3) is 0 Å². The van der Waals surface area contributed by atoms with Crippen molar-refractivity contribution in [2.45, 2.75) is 75.6 Å². The second kappa shape index (κ2) is 9.16. The number of aliphatic imine (C=N–C) groups is 1. The predicted octanol–water partition coefficient (Wildman–Crippen LogP) is 3.09. The van der Waals surface area contributed by atoms with E-state index in [9.17, 15) is 0 Å². The summed E-state index contributed by atoms with van der Waals surface area (Å²) in [6.07, 6.45) is 11.8. The van der Waals surface area contributed by atoms with Crippen molar-refractivity contribution < 1.29 is 0 Å². The Labute approximate surface area is 147 Å². The van der Waals surface area contributed by atoms with E-state index < -0.39 is 0 Å². The number of hydrogen-bond acceptors (Lipinski definition) is 3. The first-order chi connectivity index (χ1) is 11.0. The first-order valence-corrected chi connectivity index (χ1v) is 10.5. The maximum atomic E-state index is 4.40. The lowest BCUT2D eigenvalue weighted by Gasteiger charge is -2.39. The van der Waals surface area contributed by atoms with E-state index in [1.807, 2.05) is 18.8 Å². The fourth-order valence-electron chi connectivity index (χ4n) is 3.61. The van der Waals surface area contributed by atoms with Crippen molar-refractivity contribution >= 4 is 17.7 Å². The highest BCUT2D eigenvalue weighted by Crippen LogP contribution is 2.25. The molecule has 0 aromatic heterocycles. The van der Waals surface area contributed by atoms with Crippen LogP contribution in [0.3, 0.4) is 0 Å². The number of likely N-dealkylation sites (tertiary alicyclic amines) is 1. The maximum absolute atomic E-state index is 4.40. The topological polar surface area (TPSA) is 39.7 Å². The molecule has 5 heteroatoms. The highest BCUT2D eigenvalue weighted by Gasteiger charge is 2.26. The van der Waals surface area contributed by atoms with Crippen molar-refractivity contribution in [3.8, 4) is 0 Å². The van der Waals surface area contributed by atoms with Crippen LogP contribution in [0, 0.1) is 0 Å². The smallest absolute Gasteiger partial charge is 0.191 e. The minimum atomic E-state index is 0.238. The molecule has 4 nitrogen and oxygen atoms in total. The molecular formula is C18H36N4S. The molecule has 2 rings (SSSR count). The van der Waals surface area contributed by atoms with Gasteiger partial charge >= 0.3 is 0 Å². The van der Waals surface area contributed by atoms with Crippen LogP contribution in [0.4, 0.5) is 0 Å². The third-order valence-electron chi connectivity index (χ3n) is 5.42. The summed E-state index contributed by atoms with van der Waals surface area (Å²) in [5.74, 6) is 0.961. The zero-order valence-electron chi connectivity index (χ0n) is 15.5. The number of hydrogen-bond donors (Lipinski definition) is 2. The summed E-state index contributed by atoms with van der Waals surface area (Å²) in [7, 11) is 1.87. The van der Waals surface area contributed by atoms with Crippen molar-refractivity contribution in [3.05, 3.63) is 0 Å². The van der Waals surface area contributed by atoms with Crippen molar-refractivity contribution in [1.82, 2.24) is 15.5 Å². The molecule has 1 saturated heterocycles. The van der Waals surface area contributed by atoms with Crippen molar-refractivity contribution in [3.63, 3.8) is 0 Å². The van der Waals surface area contributed by atoms with Gasteiger partial charge in [-0.15, -0.1) is 0 Å². The third-order valence-corrected chi connectivity index (χ3v) is 6.67. The van der Waals surface area contributed by atoms with Crippen LogP contribution >= 0.6 is 11.8 Å². The molecule has 23 heavy (non-hydrogen) atoms. The van der Waals surface area contributed by atoms with E-state index in [1.54, 1.807) is 0 Å². The summed E-state index contributed by atoms with van der Waals surface area (Å²) >= 11 is 1.89. The van der Waals surface area contributed by atoms with E-state index in [2.05, 4.69) is 40.6 Å². The molecule has 1 aliphatic carbocycles. The van der Waals surface area contributed by atoms with Gasteiger partial charge in [-0.3, -0.25) is 4.99 Å². The predicted molar refractivity (Wildman–Crippen MR) is 104 cm³/mol. The molecule has 0 unspecified atom stereocenters. The number of nitrogens with one attached hydrogen (secondary N) is 2. The molecule has 134 valence electrons. The molecule has 1 heterocycles. The van der Waals surface area contributed by atoms with Crippen LogP contribution < -0.4 is 10.6 Å². The molecule has 0 aromatic rings. The molecular weight excluding hydrogens is 304 g/mol.